The van der Waals surface area contributed by atoms with E-state index in [2.05, 4.69) is 55.9 Å². The second-order valence-electron chi connectivity index (χ2n) is 3.52. The van der Waals surface area contributed by atoms with E-state index in [0.29, 0.717) is 0 Å². The first-order valence-electron chi connectivity index (χ1n) is 4.84. The van der Waals surface area contributed by atoms with Gasteiger partial charge in [-0.25, -0.2) is 9.55 Å². The molecule has 15 heavy (non-hydrogen) atoms. The molecule has 0 amide bonds. The van der Waals surface area contributed by atoms with E-state index in [0.717, 1.165) is 11.0 Å². The standard InChI is InChI=1S/C11H9BrN2S/c12-9-3-1-8(2-4-9)10-7-14-5-6-15-11(14)13-10/h1-4,7H,5-6H2/p+1. The van der Waals surface area contributed by atoms with Crippen molar-refractivity contribution >= 4 is 27.7 Å². The maximum Gasteiger partial charge on any atom is 0.316 e. The first-order chi connectivity index (χ1) is 7.33. The van der Waals surface area contributed by atoms with E-state index in [9.17, 15) is 0 Å². The van der Waals surface area contributed by atoms with Gasteiger partial charge in [0.05, 0.1) is 0 Å². The number of hydrogen-bond donors (Lipinski definition) is 1. The third-order valence-electron chi connectivity index (χ3n) is 2.51. The van der Waals surface area contributed by atoms with Crippen LogP contribution >= 0.6 is 27.7 Å². The number of thioether (sulfide) groups is 1. The Morgan fingerprint density at radius 3 is 2.80 bits per heavy atom. The summed E-state index contributed by atoms with van der Waals surface area (Å²) < 4.78 is 3.40. The van der Waals surface area contributed by atoms with Crippen molar-refractivity contribution in [3.8, 4) is 11.3 Å². The molecule has 0 saturated heterocycles. The summed E-state index contributed by atoms with van der Waals surface area (Å²) in [5.41, 5.74) is 2.44. The molecule has 0 radical (unpaired) electrons. The number of benzene rings is 1. The zero-order chi connectivity index (χ0) is 10.3. The zero-order valence-electron chi connectivity index (χ0n) is 8.03. The monoisotopic (exact) mass is 281 g/mol. The molecular weight excluding hydrogens is 272 g/mol. The van der Waals surface area contributed by atoms with Crippen molar-refractivity contribution < 1.29 is 4.57 Å². The number of nitrogens with zero attached hydrogens (tertiary/aromatic N) is 1. The second kappa shape index (κ2) is 3.68. The van der Waals surface area contributed by atoms with Crippen LogP contribution in [0.5, 0.6) is 0 Å². The first kappa shape index (κ1) is 9.48. The Hall–Kier alpha value is -0.740. The molecule has 1 aromatic heterocycles. The number of aryl methyl sites for hydroxylation is 1. The minimum Gasteiger partial charge on any atom is -0.231 e. The van der Waals surface area contributed by atoms with E-state index < -0.39 is 0 Å². The van der Waals surface area contributed by atoms with E-state index >= 15 is 0 Å². The molecule has 1 aromatic carbocycles. The number of aromatic nitrogens is 2. The zero-order valence-corrected chi connectivity index (χ0v) is 10.4. The Kier molecular flexibility index (Phi) is 2.33. The molecule has 0 unspecified atom stereocenters. The van der Waals surface area contributed by atoms with Crippen LogP contribution in [-0.2, 0) is 6.54 Å². The molecule has 0 bridgehead atoms. The molecule has 3 rings (SSSR count). The Bertz CT molecular complexity index is 468. The fourth-order valence-corrected chi connectivity index (χ4v) is 2.97. The van der Waals surface area contributed by atoms with Crippen molar-refractivity contribution in [2.24, 2.45) is 0 Å². The lowest BCUT2D eigenvalue weighted by molar-refractivity contribution is -0.722. The number of halogens is 1. The summed E-state index contributed by atoms with van der Waals surface area (Å²) in [4.78, 5) is 3.44. The van der Waals surface area contributed by atoms with Crippen molar-refractivity contribution in [1.82, 2.24) is 4.98 Å². The van der Waals surface area contributed by atoms with Gasteiger partial charge in [-0.2, -0.15) is 0 Å². The molecule has 0 saturated carbocycles. The molecular formula is C11H10BrN2S+. The minimum atomic E-state index is 1.12. The number of fused-ring (bicyclic) bond motifs is 1. The van der Waals surface area contributed by atoms with Gasteiger partial charge >= 0.3 is 5.16 Å². The summed E-state index contributed by atoms with van der Waals surface area (Å²) >= 11 is 5.33. The SMILES string of the molecule is Brc1ccc(-c2c[n+]3c([nH]2)SCC3)cc1. The van der Waals surface area contributed by atoms with E-state index in [1.807, 2.05) is 11.8 Å². The maximum atomic E-state index is 3.44. The average Bonchev–Trinajstić information content (AvgIpc) is 2.78. The molecule has 0 atom stereocenters. The van der Waals surface area contributed by atoms with Crippen molar-refractivity contribution in [1.29, 1.82) is 0 Å². The van der Waals surface area contributed by atoms with E-state index in [-0.39, 0.29) is 0 Å². The third-order valence-corrected chi connectivity index (χ3v) is 4.04. The van der Waals surface area contributed by atoms with Crippen LogP contribution in [0.2, 0.25) is 0 Å². The van der Waals surface area contributed by atoms with Crippen LogP contribution in [0.4, 0.5) is 0 Å². The van der Waals surface area contributed by atoms with Gasteiger partial charge in [-0.05, 0) is 36.0 Å². The van der Waals surface area contributed by atoms with Gasteiger partial charge < -0.3 is 0 Å². The lowest BCUT2D eigenvalue weighted by Crippen LogP contribution is -2.29. The molecule has 2 nitrogen and oxygen atoms in total. The Morgan fingerprint density at radius 1 is 1.27 bits per heavy atom. The first-order valence-corrected chi connectivity index (χ1v) is 6.62. The minimum absolute atomic E-state index is 1.12. The Morgan fingerprint density at radius 2 is 2.07 bits per heavy atom. The summed E-state index contributed by atoms with van der Waals surface area (Å²) in [7, 11) is 0. The number of nitrogens with one attached hydrogen (secondary N) is 1. The van der Waals surface area contributed by atoms with Crippen LogP contribution in [0.25, 0.3) is 11.3 Å². The predicted molar refractivity (Wildman–Crippen MR) is 64.8 cm³/mol. The number of hydrogen-bond acceptors (Lipinski definition) is 1. The van der Waals surface area contributed by atoms with Crippen molar-refractivity contribution in [3.63, 3.8) is 0 Å². The van der Waals surface area contributed by atoms with Crippen LogP contribution in [0.15, 0.2) is 40.1 Å². The third kappa shape index (κ3) is 1.72. The summed E-state index contributed by atoms with van der Waals surface area (Å²) in [5, 5.41) is 1.27. The maximum absolute atomic E-state index is 3.44. The molecule has 0 fully saturated rings. The number of imidazole rings is 1. The largest absolute Gasteiger partial charge is 0.316 e. The fraction of sp³-hybridized carbons (Fsp3) is 0.182. The van der Waals surface area contributed by atoms with Crippen LogP contribution in [-0.4, -0.2) is 10.7 Å². The van der Waals surface area contributed by atoms with Crippen LogP contribution in [0, 0.1) is 0 Å². The molecule has 76 valence electrons. The summed E-state index contributed by atoms with van der Waals surface area (Å²) in [6, 6.07) is 8.38. The molecule has 4 heteroatoms. The highest BCUT2D eigenvalue weighted by molar-refractivity contribution is 9.10. The lowest BCUT2D eigenvalue weighted by Gasteiger charge is -1.93. The van der Waals surface area contributed by atoms with E-state index in [4.69, 9.17) is 0 Å². The highest BCUT2D eigenvalue weighted by Crippen LogP contribution is 2.24. The number of H-pyrrole nitrogens is 1. The fourth-order valence-electron chi connectivity index (χ4n) is 1.74. The summed E-state index contributed by atoms with van der Waals surface area (Å²) in [5.74, 6) is 1.19. The quantitative estimate of drug-likeness (QED) is 0.797. The van der Waals surface area contributed by atoms with Gasteiger partial charge in [0.15, 0.2) is 5.69 Å². The van der Waals surface area contributed by atoms with Crippen LogP contribution in [0.1, 0.15) is 0 Å². The predicted octanol–water partition coefficient (Wildman–Crippen LogP) is 2.84. The lowest BCUT2D eigenvalue weighted by atomic mass is 10.2. The molecule has 1 N–H and O–H groups in total. The molecule has 0 aliphatic carbocycles. The van der Waals surface area contributed by atoms with Gasteiger partial charge in [0.1, 0.15) is 12.7 Å². The van der Waals surface area contributed by atoms with Crippen molar-refractivity contribution in [3.05, 3.63) is 34.9 Å². The molecule has 1 aliphatic heterocycles. The number of aromatic amines is 1. The van der Waals surface area contributed by atoms with Crippen LogP contribution < -0.4 is 4.57 Å². The number of rotatable bonds is 1. The van der Waals surface area contributed by atoms with Gasteiger partial charge in [0, 0.05) is 15.8 Å². The summed E-state index contributed by atoms with van der Waals surface area (Å²) in [6.45, 7) is 1.12. The Balaban J connectivity index is 2.02. The second-order valence-corrected chi connectivity index (χ2v) is 5.52. The van der Waals surface area contributed by atoms with Crippen LogP contribution in [0.3, 0.4) is 0 Å². The van der Waals surface area contributed by atoms with Crippen molar-refractivity contribution in [2.75, 3.05) is 5.75 Å². The van der Waals surface area contributed by atoms with E-state index in [1.165, 1.54) is 22.2 Å². The Labute approximate surface area is 101 Å². The van der Waals surface area contributed by atoms with Gasteiger partial charge in [-0.15, -0.1) is 0 Å². The molecule has 2 heterocycles. The highest BCUT2D eigenvalue weighted by atomic mass is 79.9. The van der Waals surface area contributed by atoms with E-state index in [1.54, 1.807) is 0 Å². The normalized spacial score (nSPS) is 14.2. The smallest absolute Gasteiger partial charge is 0.231 e. The molecule has 0 spiro atoms. The molecule has 1 aliphatic rings. The van der Waals surface area contributed by atoms with Gasteiger partial charge in [0.25, 0.3) is 0 Å². The summed E-state index contributed by atoms with van der Waals surface area (Å²) in [6.07, 6.45) is 2.19. The highest BCUT2D eigenvalue weighted by Gasteiger charge is 2.22. The van der Waals surface area contributed by atoms with Crippen molar-refractivity contribution in [2.45, 2.75) is 11.7 Å². The van der Waals surface area contributed by atoms with Gasteiger partial charge in [-0.3, -0.25) is 0 Å². The van der Waals surface area contributed by atoms with Gasteiger partial charge in [-0.1, -0.05) is 15.9 Å². The average molecular weight is 282 g/mol. The topological polar surface area (TPSA) is 19.7 Å². The van der Waals surface area contributed by atoms with Gasteiger partial charge in [0.2, 0.25) is 0 Å². The molecule has 2 aromatic rings.